The Labute approximate surface area is 110 Å². The van der Waals surface area contributed by atoms with E-state index in [0.29, 0.717) is 0 Å². The molecule has 0 radical (unpaired) electrons. The summed E-state index contributed by atoms with van der Waals surface area (Å²) in [7, 11) is 0. The summed E-state index contributed by atoms with van der Waals surface area (Å²) in [6.07, 6.45) is 4.87. The fraction of sp³-hybridized carbons (Fsp3) is 1.00. The molecule has 4 heteroatoms. The lowest BCUT2D eigenvalue weighted by Gasteiger charge is -2.21. The molecule has 0 aromatic heterocycles. The first-order valence-corrected chi connectivity index (χ1v) is 7.96. The molecule has 0 atom stereocenters. The van der Waals surface area contributed by atoms with Crippen LogP contribution >= 0.6 is 11.8 Å². The van der Waals surface area contributed by atoms with Crippen LogP contribution in [-0.4, -0.2) is 50.5 Å². The number of unbranched alkanes of at least 4 members (excludes halogenated alkanes) is 1. The van der Waals surface area contributed by atoms with E-state index >= 15 is 0 Å². The van der Waals surface area contributed by atoms with Crippen LogP contribution in [0.4, 0.5) is 0 Å². The first kappa shape index (κ1) is 15.3. The molecule has 0 aromatic carbocycles. The molecule has 3 nitrogen and oxygen atoms in total. The smallest absolute Gasteiger partial charge is 0.0476 e. The van der Waals surface area contributed by atoms with Crippen molar-refractivity contribution in [3.05, 3.63) is 0 Å². The quantitative estimate of drug-likeness (QED) is 0.611. The summed E-state index contributed by atoms with van der Waals surface area (Å²) in [4.78, 5) is 0. The minimum Gasteiger partial charge on any atom is -0.382 e. The van der Waals surface area contributed by atoms with E-state index in [1.807, 2.05) is 6.92 Å². The maximum atomic E-state index is 5.35. The minimum absolute atomic E-state index is 0.837. The molecule has 1 fully saturated rings. The molecule has 1 heterocycles. The number of ether oxygens (including phenoxy) is 2. The second-order valence-electron chi connectivity index (χ2n) is 4.34. The maximum Gasteiger partial charge on any atom is 0.0476 e. The van der Waals surface area contributed by atoms with Crippen molar-refractivity contribution < 1.29 is 9.47 Å². The van der Waals surface area contributed by atoms with Crippen LogP contribution in [0.15, 0.2) is 0 Å². The molecule has 1 N–H and O–H groups in total. The van der Waals surface area contributed by atoms with Crippen molar-refractivity contribution in [3.8, 4) is 0 Å². The molecule has 1 saturated heterocycles. The number of thioether (sulfide) groups is 1. The molecule has 0 unspecified atom stereocenters. The zero-order valence-electron chi connectivity index (χ0n) is 11.1. The fourth-order valence-electron chi connectivity index (χ4n) is 1.86. The molecule has 1 aliphatic heterocycles. The third kappa shape index (κ3) is 8.89. The Morgan fingerprint density at radius 3 is 2.82 bits per heavy atom. The highest BCUT2D eigenvalue weighted by molar-refractivity contribution is 7.99. The third-order valence-electron chi connectivity index (χ3n) is 2.90. The first-order chi connectivity index (χ1) is 8.43. The zero-order chi connectivity index (χ0) is 12.2. The van der Waals surface area contributed by atoms with Gasteiger partial charge in [-0.1, -0.05) is 0 Å². The van der Waals surface area contributed by atoms with Crippen LogP contribution in [0.1, 0.15) is 32.6 Å². The Morgan fingerprint density at radius 1 is 1.24 bits per heavy atom. The Morgan fingerprint density at radius 2 is 2.06 bits per heavy atom. The van der Waals surface area contributed by atoms with Gasteiger partial charge in [0.15, 0.2) is 0 Å². The topological polar surface area (TPSA) is 30.5 Å². The standard InChI is InChI=1S/C13H27NO2S/c1-2-15-9-4-3-7-14-8-12-17-13-5-10-16-11-6-13/h13-14H,2-12H2,1H3. The van der Waals surface area contributed by atoms with Crippen molar-refractivity contribution in [1.29, 1.82) is 0 Å². The number of rotatable bonds is 10. The number of hydrogen-bond donors (Lipinski definition) is 1. The molecule has 0 amide bonds. The highest BCUT2D eigenvalue weighted by Crippen LogP contribution is 2.21. The van der Waals surface area contributed by atoms with Crippen LogP contribution in [0.5, 0.6) is 0 Å². The molecular weight excluding hydrogens is 234 g/mol. The van der Waals surface area contributed by atoms with Crippen molar-refractivity contribution in [1.82, 2.24) is 5.32 Å². The van der Waals surface area contributed by atoms with Crippen LogP contribution in [0.3, 0.4) is 0 Å². The van der Waals surface area contributed by atoms with Gasteiger partial charge in [-0.05, 0) is 39.2 Å². The summed E-state index contributed by atoms with van der Waals surface area (Å²) in [5.41, 5.74) is 0. The largest absolute Gasteiger partial charge is 0.382 e. The average Bonchev–Trinajstić information content (AvgIpc) is 2.38. The van der Waals surface area contributed by atoms with Crippen molar-refractivity contribution in [3.63, 3.8) is 0 Å². The van der Waals surface area contributed by atoms with Crippen molar-refractivity contribution in [2.24, 2.45) is 0 Å². The van der Waals surface area contributed by atoms with E-state index < -0.39 is 0 Å². The van der Waals surface area contributed by atoms with Gasteiger partial charge in [-0.2, -0.15) is 11.8 Å². The molecule has 0 spiro atoms. The van der Waals surface area contributed by atoms with Gasteiger partial charge in [-0.15, -0.1) is 0 Å². The normalized spacial score (nSPS) is 17.5. The van der Waals surface area contributed by atoms with E-state index in [9.17, 15) is 0 Å². The van der Waals surface area contributed by atoms with E-state index in [0.717, 1.165) is 44.8 Å². The monoisotopic (exact) mass is 261 g/mol. The Bertz CT molecular complexity index is 163. The van der Waals surface area contributed by atoms with Crippen LogP contribution in [0, 0.1) is 0 Å². The molecule has 102 valence electrons. The number of nitrogens with one attached hydrogen (secondary N) is 1. The second kappa shape index (κ2) is 11.3. The lowest BCUT2D eigenvalue weighted by molar-refractivity contribution is 0.100. The van der Waals surface area contributed by atoms with Gasteiger partial charge >= 0.3 is 0 Å². The maximum absolute atomic E-state index is 5.35. The Hall–Kier alpha value is 0.230. The predicted octanol–water partition coefficient (Wildman–Crippen LogP) is 2.30. The molecule has 1 aliphatic rings. The summed E-state index contributed by atoms with van der Waals surface area (Å²) < 4.78 is 10.6. The van der Waals surface area contributed by atoms with E-state index in [1.54, 1.807) is 0 Å². The van der Waals surface area contributed by atoms with Gasteiger partial charge in [0.25, 0.3) is 0 Å². The van der Waals surface area contributed by atoms with E-state index in [4.69, 9.17) is 9.47 Å². The van der Waals surface area contributed by atoms with Gasteiger partial charge in [0.2, 0.25) is 0 Å². The van der Waals surface area contributed by atoms with Gasteiger partial charge in [-0.3, -0.25) is 0 Å². The Balaban J connectivity index is 1.75. The van der Waals surface area contributed by atoms with Crippen LogP contribution in [0.2, 0.25) is 0 Å². The fourth-order valence-corrected chi connectivity index (χ4v) is 2.99. The molecular formula is C13H27NO2S. The summed E-state index contributed by atoms with van der Waals surface area (Å²) in [6.45, 7) is 7.99. The predicted molar refractivity (Wildman–Crippen MR) is 74.9 cm³/mol. The van der Waals surface area contributed by atoms with Crippen molar-refractivity contribution in [2.75, 3.05) is 45.3 Å². The molecule has 17 heavy (non-hydrogen) atoms. The molecule has 0 bridgehead atoms. The van der Waals surface area contributed by atoms with E-state index in [2.05, 4.69) is 17.1 Å². The summed E-state index contributed by atoms with van der Waals surface area (Å²) in [6, 6.07) is 0. The van der Waals surface area contributed by atoms with Crippen molar-refractivity contribution >= 4 is 11.8 Å². The van der Waals surface area contributed by atoms with Gasteiger partial charge < -0.3 is 14.8 Å². The van der Waals surface area contributed by atoms with Crippen LogP contribution in [-0.2, 0) is 9.47 Å². The van der Waals surface area contributed by atoms with Gasteiger partial charge in [0, 0.05) is 44.0 Å². The Kier molecular flexibility index (Phi) is 10.2. The number of hydrogen-bond acceptors (Lipinski definition) is 4. The van der Waals surface area contributed by atoms with E-state index in [-0.39, 0.29) is 0 Å². The SMILES string of the molecule is CCOCCCCNCCSC1CCOCC1. The van der Waals surface area contributed by atoms with Gasteiger partial charge in [0.05, 0.1) is 0 Å². The van der Waals surface area contributed by atoms with E-state index in [1.165, 1.54) is 31.4 Å². The second-order valence-corrected chi connectivity index (χ2v) is 5.74. The lowest BCUT2D eigenvalue weighted by Crippen LogP contribution is -2.22. The summed E-state index contributed by atoms with van der Waals surface area (Å²) in [5.74, 6) is 1.23. The van der Waals surface area contributed by atoms with Gasteiger partial charge in [0.1, 0.15) is 0 Å². The lowest BCUT2D eigenvalue weighted by atomic mass is 10.2. The molecule has 0 aliphatic carbocycles. The van der Waals surface area contributed by atoms with Crippen molar-refractivity contribution in [2.45, 2.75) is 37.9 Å². The summed E-state index contributed by atoms with van der Waals surface area (Å²) >= 11 is 2.10. The van der Waals surface area contributed by atoms with Gasteiger partial charge in [-0.25, -0.2) is 0 Å². The minimum atomic E-state index is 0.837. The third-order valence-corrected chi connectivity index (χ3v) is 4.28. The van der Waals surface area contributed by atoms with Crippen LogP contribution in [0.25, 0.3) is 0 Å². The summed E-state index contributed by atoms with van der Waals surface area (Å²) in [5, 5.41) is 4.33. The molecule has 0 saturated carbocycles. The first-order valence-electron chi connectivity index (χ1n) is 6.91. The zero-order valence-corrected chi connectivity index (χ0v) is 11.9. The highest BCUT2D eigenvalue weighted by atomic mass is 32.2. The molecule has 1 rings (SSSR count). The van der Waals surface area contributed by atoms with Crippen LogP contribution < -0.4 is 5.32 Å². The molecule has 0 aromatic rings. The highest BCUT2D eigenvalue weighted by Gasteiger charge is 2.13. The average molecular weight is 261 g/mol.